The van der Waals surface area contributed by atoms with Crippen LogP contribution in [-0.2, 0) is 28.6 Å². The van der Waals surface area contributed by atoms with Crippen molar-refractivity contribution in [2.24, 2.45) is 23.7 Å². The van der Waals surface area contributed by atoms with Gasteiger partial charge in [-0.15, -0.1) is 0 Å². The van der Waals surface area contributed by atoms with Crippen molar-refractivity contribution < 1.29 is 38.8 Å². The Hall–Kier alpha value is -2.71. The Bertz CT molecular complexity index is 913. The summed E-state index contributed by atoms with van der Waals surface area (Å²) >= 11 is 0. The number of hydrogen-bond donors (Lipinski definition) is 2. The van der Waals surface area contributed by atoms with E-state index in [1.54, 1.807) is 13.8 Å². The number of esters is 3. The minimum Gasteiger partial charge on any atom is -0.458 e. The van der Waals surface area contributed by atoms with Crippen molar-refractivity contribution in [1.29, 1.82) is 0 Å². The minimum absolute atomic E-state index is 0.0511. The Morgan fingerprint density at radius 2 is 1.85 bits per heavy atom. The number of aliphatic hydroxyl groups excluding tert-OH is 2. The molecule has 2 aliphatic carbocycles. The quantitative estimate of drug-likeness (QED) is 0.267. The molecule has 3 aliphatic rings. The molecule has 0 bridgehead atoms. The predicted molar refractivity (Wildman–Crippen MR) is 118 cm³/mol. The predicted octanol–water partition coefficient (Wildman–Crippen LogP) is 2.02. The normalized spacial score (nSPS) is 34.3. The van der Waals surface area contributed by atoms with E-state index in [0.717, 1.165) is 5.57 Å². The molecule has 0 amide bonds. The van der Waals surface area contributed by atoms with Crippen LogP contribution in [0.1, 0.15) is 33.6 Å². The van der Waals surface area contributed by atoms with Crippen molar-refractivity contribution >= 4 is 17.9 Å². The van der Waals surface area contributed by atoms with Gasteiger partial charge >= 0.3 is 17.9 Å². The number of allylic oxidation sites excluding steroid dienone is 2. The van der Waals surface area contributed by atoms with Crippen LogP contribution in [0.25, 0.3) is 0 Å². The molecule has 2 N–H and O–H groups in total. The van der Waals surface area contributed by atoms with Crippen LogP contribution in [0.4, 0.5) is 0 Å². The lowest BCUT2D eigenvalue weighted by Gasteiger charge is -2.30. The van der Waals surface area contributed by atoms with Crippen LogP contribution in [0.3, 0.4) is 0 Å². The Morgan fingerprint density at radius 1 is 1.18 bits per heavy atom. The van der Waals surface area contributed by atoms with Gasteiger partial charge in [0.2, 0.25) is 0 Å². The van der Waals surface area contributed by atoms with Gasteiger partial charge in [0.05, 0.1) is 29.8 Å². The van der Waals surface area contributed by atoms with Gasteiger partial charge < -0.3 is 24.4 Å². The molecule has 7 atom stereocenters. The van der Waals surface area contributed by atoms with Gasteiger partial charge in [0, 0.05) is 17.9 Å². The topological polar surface area (TPSA) is 119 Å². The van der Waals surface area contributed by atoms with E-state index in [-0.39, 0.29) is 41.1 Å². The molecule has 1 aliphatic heterocycles. The van der Waals surface area contributed by atoms with Gasteiger partial charge in [0.25, 0.3) is 0 Å². The molecule has 2 saturated carbocycles. The number of carbonyl (C=O) groups excluding carboxylic acids is 3. The zero-order valence-corrected chi connectivity index (χ0v) is 19.3. The van der Waals surface area contributed by atoms with E-state index in [1.165, 1.54) is 12.2 Å². The van der Waals surface area contributed by atoms with E-state index in [4.69, 9.17) is 14.2 Å². The molecule has 1 heterocycles. The summed E-state index contributed by atoms with van der Waals surface area (Å²) in [4.78, 5) is 37.3. The summed E-state index contributed by atoms with van der Waals surface area (Å²) in [6, 6.07) is 0. The highest BCUT2D eigenvalue weighted by atomic mass is 16.6. The van der Waals surface area contributed by atoms with Crippen LogP contribution >= 0.6 is 0 Å². The molecule has 0 spiro atoms. The van der Waals surface area contributed by atoms with Gasteiger partial charge in [-0.05, 0) is 32.1 Å². The molecule has 0 aromatic carbocycles. The molecule has 3 rings (SSSR count). The van der Waals surface area contributed by atoms with Gasteiger partial charge in [-0.3, -0.25) is 0 Å². The molecule has 8 nitrogen and oxygen atoms in total. The lowest BCUT2D eigenvalue weighted by atomic mass is 9.79. The first-order chi connectivity index (χ1) is 15.6. The number of ether oxygens (including phenoxy) is 3. The molecule has 180 valence electrons. The van der Waals surface area contributed by atoms with Gasteiger partial charge in [-0.2, -0.15) is 0 Å². The summed E-state index contributed by atoms with van der Waals surface area (Å²) in [6.07, 6.45) is 1.95. The van der Waals surface area contributed by atoms with Crippen LogP contribution in [0, 0.1) is 23.7 Å². The van der Waals surface area contributed by atoms with Gasteiger partial charge in [-0.1, -0.05) is 37.8 Å². The van der Waals surface area contributed by atoms with Crippen molar-refractivity contribution in [1.82, 2.24) is 0 Å². The summed E-state index contributed by atoms with van der Waals surface area (Å²) in [7, 11) is 0. The smallest absolute Gasteiger partial charge is 0.337 e. The Morgan fingerprint density at radius 3 is 2.45 bits per heavy atom. The fourth-order valence-corrected chi connectivity index (χ4v) is 5.22. The fraction of sp³-hybridized carbons (Fsp3) is 0.560. The van der Waals surface area contributed by atoms with Crippen molar-refractivity contribution in [3.05, 3.63) is 47.6 Å². The molecule has 7 unspecified atom stereocenters. The molecule has 1 saturated heterocycles. The number of hydrogen-bond acceptors (Lipinski definition) is 8. The third kappa shape index (κ3) is 4.68. The fourth-order valence-electron chi connectivity index (χ4n) is 5.22. The average molecular weight is 461 g/mol. The second-order valence-electron chi connectivity index (χ2n) is 8.94. The standard InChI is InChI=1S/C25H32O8/c1-6-15(10-26)24(29)31-11-16(7-2)25(30)32-19-8-12(3)17-9-18(27)13(4)20(17)22-21(19)14(5)23(28)33-22/h6-7,13,17-22,26-27H,3,5,8-11H2,1-2,4H3. The third-order valence-electron chi connectivity index (χ3n) is 7.21. The second kappa shape index (κ2) is 10.1. The first kappa shape index (κ1) is 24.9. The van der Waals surface area contributed by atoms with E-state index in [0.29, 0.717) is 12.8 Å². The van der Waals surface area contributed by atoms with Crippen LogP contribution in [0.15, 0.2) is 47.6 Å². The minimum atomic E-state index is -0.724. The van der Waals surface area contributed by atoms with Crippen LogP contribution in [0.2, 0.25) is 0 Å². The summed E-state index contributed by atoms with van der Waals surface area (Å²) in [5.74, 6) is -2.77. The highest BCUT2D eigenvalue weighted by Gasteiger charge is 2.57. The molecule has 0 aromatic rings. The molecule has 3 fully saturated rings. The molecule has 0 radical (unpaired) electrons. The van der Waals surface area contributed by atoms with E-state index < -0.39 is 48.7 Å². The van der Waals surface area contributed by atoms with E-state index in [2.05, 4.69) is 13.2 Å². The number of aliphatic hydroxyl groups is 2. The first-order valence-electron chi connectivity index (χ1n) is 11.2. The Labute approximate surface area is 193 Å². The molecule has 0 aromatic heterocycles. The zero-order valence-electron chi connectivity index (χ0n) is 19.3. The summed E-state index contributed by atoms with van der Waals surface area (Å²) in [5, 5.41) is 19.6. The monoisotopic (exact) mass is 460 g/mol. The molecular formula is C25H32O8. The Kier molecular flexibility index (Phi) is 7.59. The van der Waals surface area contributed by atoms with Crippen LogP contribution < -0.4 is 0 Å². The van der Waals surface area contributed by atoms with Crippen LogP contribution in [0.5, 0.6) is 0 Å². The maximum atomic E-state index is 13.0. The average Bonchev–Trinajstić information content (AvgIpc) is 3.20. The van der Waals surface area contributed by atoms with Gasteiger partial charge in [0.1, 0.15) is 18.8 Å². The maximum absolute atomic E-state index is 13.0. The lowest BCUT2D eigenvalue weighted by molar-refractivity contribution is -0.150. The van der Waals surface area contributed by atoms with E-state index in [9.17, 15) is 24.6 Å². The van der Waals surface area contributed by atoms with Crippen molar-refractivity contribution in [2.45, 2.75) is 51.9 Å². The Balaban J connectivity index is 1.78. The largest absolute Gasteiger partial charge is 0.458 e. The maximum Gasteiger partial charge on any atom is 0.337 e. The number of carbonyl (C=O) groups is 3. The summed E-state index contributed by atoms with van der Waals surface area (Å²) < 4.78 is 16.6. The molecule has 8 heteroatoms. The van der Waals surface area contributed by atoms with E-state index in [1.807, 2.05) is 6.92 Å². The lowest BCUT2D eigenvalue weighted by Crippen LogP contribution is -2.38. The van der Waals surface area contributed by atoms with Crippen molar-refractivity contribution in [2.75, 3.05) is 13.2 Å². The highest BCUT2D eigenvalue weighted by molar-refractivity contribution is 5.93. The van der Waals surface area contributed by atoms with Gasteiger partial charge in [-0.25, -0.2) is 14.4 Å². The van der Waals surface area contributed by atoms with Crippen LogP contribution in [-0.4, -0.2) is 59.6 Å². The zero-order chi connectivity index (χ0) is 24.4. The van der Waals surface area contributed by atoms with Crippen molar-refractivity contribution in [3.8, 4) is 0 Å². The highest BCUT2D eigenvalue weighted by Crippen LogP contribution is 2.53. The summed E-state index contributed by atoms with van der Waals surface area (Å²) in [6.45, 7) is 12.4. The molecular weight excluding hydrogens is 428 g/mol. The number of rotatable bonds is 6. The van der Waals surface area contributed by atoms with E-state index >= 15 is 0 Å². The SMILES string of the molecule is C=C1CC(OC(=O)C(=CC)COC(=O)C(=CC)CO)C2C(=C)C(=O)OC2C2C1CC(O)C2C. The second-order valence-corrected chi connectivity index (χ2v) is 8.94. The van der Waals surface area contributed by atoms with Crippen molar-refractivity contribution in [3.63, 3.8) is 0 Å². The summed E-state index contributed by atoms with van der Waals surface area (Å²) in [5.41, 5.74) is 1.30. The first-order valence-corrected chi connectivity index (χ1v) is 11.2. The molecule has 33 heavy (non-hydrogen) atoms. The third-order valence-corrected chi connectivity index (χ3v) is 7.21. The van der Waals surface area contributed by atoms with Gasteiger partial charge in [0.15, 0.2) is 0 Å². The number of fused-ring (bicyclic) bond motifs is 3.